The third kappa shape index (κ3) is 3.93. The van der Waals surface area contributed by atoms with Gasteiger partial charge in [0.05, 0.1) is 10.6 Å². The molecule has 9 heteroatoms. The molecule has 0 radical (unpaired) electrons. The molecule has 1 fully saturated rings. The summed E-state index contributed by atoms with van der Waals surface area (Å²) >= 11 is 0. The van der Waals surface area contributed by atoms with Crippen LogP contribution in [0.5, 0.6) is 0 Å². The molecule has 25 heavy (non-hydrogen) atoms. The topological polar surface area (TPSA) is 102 Å². The summed E-state index contributed by atoms with van der Waals surface area (Å²) in [5, 5.41) is 19.0. The van der Waals surface area contributed by atoms with Gasteiger partial charge in [0.1, 0.15) is 6.33 Å². The predicted octanol–water partition coefficient (Wildman–Crippen LogP) is 2.09. The summed E-state index contributed by atoms with van der Waals surface area (Å²) < 4.78 is 1.49. The van der Waals surface area contributed by atoms with Gasteiger partial charge < -0.3 is 10.2 Å². The van der Waals surface area contributed by atoms with E-state index in [1.165, 1.54) is 30.3 Å². The Balaban J connectivity index is 1.80. The molecule has 1 N–H and O–H groups in total. The lowest BCUT2D eigenvalue weighted by Gasteiger charge is -2.26. The van der Waals surface area contributed by atoms with Crippen molar-refractivity contribution < 1.29 is 4.92 Å². The Morgan fingerprint density at radius 1 is 1.24 bits per heavy atom. The van der Waals surface area contributed by atoms with Crippen LogP contribution in [0.2, 0.25) is 0 Å². The van der Waals surface area contributed by atoms with Crippen molar-refractivity contribution in [1.29, 1.82) is 0 Å². The van der Waals surface area contributed by atoms with Crippen LogP contribution in [-0.2, 0) is 0 Å². The van der Waals surface area contributed by atoms with E-state index in [9.17, 15) is 10.1 Å². The van der Waals surface area contributed by atoms with Gasteiger partial charge in [-0.1, -0.05) is 6.42 Å². The zero-order valence-corrected chi connectivity index (χ0v) is 14.6. The Labute approximate surface area is 146 Å². The average molecular weight is 345 g/mol. The van der Waals surface area contributed by atoms with Gasteiger partial charge in [0.2, 0.25) is 11.6 Å². The summed E-state index contributed by atoms with van der Waals surface area (Å²) in [6, 6.07) is 1.86. The van der Waals surface area contributed by atoms with Crippen LogP contribution >= 0.6 is 0 Å². The van der Waals surface area contributed by atoms with E-state index in [1.807, 2.05) is 19.9 Å². The highest BCUT2D eigenvalue weighted by molar-refractivity contribution is 5.64. The molecule has 3 heterocycles. The van der Waals surface area contributed by atoms with Crippen LogP contribution in [0.1, 0.15) is 30.7 Å². The van der Waals surface area contributed by atoms with Crippen LogP contribution < -0.4 is 5.32 Å². The molecule has 0 aliphatic carbocycles. The van der Waals surface area contributed by atoms with Crippen LogP contribution in [0, 0.1) is 24.0 Å². The lowest BCUT2D eigenvalue weighted by Crippen LogP contribution is -2.33. The Bertz CT molecular complexity index is 753. The summed E-state index contributed by atoms with van der Waals surface area (Å²) in [4.78, 5) is 21.7. The van der Waals surface area contributed by atoms with Crippen molar-refractivity contribution in [3.05, 3.63) is 33.9 Å². The predicted molar refractivity (Wildman–Crippen MR) is 94.1 cm³/mol. The maximum absolute atomic E-state index is 11.6. The van der Waals surface area contributed by atoms with Crippen molar-refractivity contribution in [2.24, 2.45) is 0 Å². The first-order chi connectivity index (χ1) is 12.1. The van der Waals surface area contributed by atoms with Crippen LogP contribution in [0.15, 0.2) is 12.4 Å². The molecule has 0 spiro atoms. The second-order valence-electron chi connectivity index (χ2n) is 6.32. The number of hydrogen-bond acceptors (Lipinski definition) is 7. The minimum atomic E-state index is -0.449. The summed E-state index contributed by atoms with van der Waals surface area (Å²) in [5.41, 5.74) is 1.43. The van der Waals surface area contributed by atoms with Crippen molar-refractivity contribution in [3.63, 3.8) is 0 Å². The molecule has 0 aromatic carbocycles. The number of hydrogen-bond donors (Lipinski definition) is 1. The minimum absolute atomic E-state index is 0.146. The fourth-order valence-corrected chi connectivity index (χ4v) is 3.18. The van der Waals surface area contributed by atoms with Crippen molar-refractivity contribution in [2.45, 2.75) is 33.1 Å². The third-order valence-electron chi connectivity index (χ3n) is 4.36. The molecule has 0 unspecified atom stereocenters. The van der Waals surface area contributed by atoms with Gasteiger partial charge in [-0.15, -0.1) is 0 Å². The largest absolute Gasteiger partial charge is 0.363 e. The molecule has 0 bridgehead atoms. The Morgan fingerprint density at radius 2 is 2.00 bits per heavy atom. The SMILES string of the molecule is Cc1cc(C)n(-c2ncnc(NCCN3CCCCC3)c2[N+](=O)[O-])n1. The second-order valence-corrected chi connectivity index (χ2v) is 6.32. The highest BCUT2D eigenvalue weighted by Crippen LogP contribution is 2.28. The third-order valence-corrected chi connectivity index (χ3v) is 4.36. The molecule has 134 valence electrons. The molecular formula is C16H23N7O2. The van der Waals surface area contributed by atoms with Crippen molar-refractivity contribution in [2.75, 3.05) is 31.5 Å². The fourth-order valence-electron chi connectivity index (χ4n) is 3.18. The van der Waals surface area contributed by atoms with Crippen LogP contribution in [-0.4, -0.2) is 55.8 Å². The van der Waals surface area contributed by atoms with Gasteiger partial charge in [0.15, 0.2) is 0 Å². The lowest BCUT2D eigenvalue weighted by molar-refractivity contribution is -0.384. The number of aromatic nitrogens is 4. The maximum Gasteiger partial charge on any atom is 0.355 e. The molecule has 0 atom stereocenters. The van der Waals surface area contributed by atoms with Gasteiger partial charge in [-0.3, -0.25) is 10.1 Å². The van der Waals surface area contributed by atoms with E-state index < -0.39 is 4.92 Å². The lowest BCUT2D eigenvalue weighted by atomic mass is 10.1. The summed E-state index contributed by atoms with van der Waals surface area (Å²) in [7, 11) is 0. The Kier molecular flexibility index (Phi) is 5.22. The number of aryl methyl sites for hydroxylation is 2. The molecule has 0 amide bonds. The number of nitrogens with zero attached hydrogens (tertiary/aromatic N) is 6. The number of nitrogens with one attached hydrogen (secondary N) is 1. The molecular weight excluding hydrogens is 322 g/mol. The van der Waals surface area contributed by atoms with E-state index in [1.54, 1.807) is 0 Å². The Hall–Kier alpha value is -2.55. The van der Waals surface area contributed by atoms with Crippen LogP contribution in [0.3, 0.4) is 0 Å². The van der Waals surface area contributed by atoms with Crippen molar-refractivity contribution in [1.82, 2.24) is 24.6 Å². The first-order valence-corrected chi connectivity index (χ1v) is 8.55. The van der Waals surface area contributed by atoms with Crippen LogP contribution in [0.4, 0.5) is 11.5 Å². The number of piperidine rings is 1. The van der Waals surface area contributed by atoms with E-state index in [-0.39, 0.29) is 17.3 Å². The average Bonchev–Trinajstić information content (AvgIpc) is 2.93. The molecule has 0 saturated carbocycles. The van der Waals surface area contributed by atoms with E-state index in [4.69, 9.17) is 0 Å². The first kappa shape index (κ1) is 17.3. The second kappa shape index (κ2) is 7.56. The smallest absolute Gasteiger partial charge is 0.355 e. The van der Waals surface area contributed by atoms with E-state index in [2.05, 4.69) is 25.3 Å². The van der Waals surface area contributed by atoms with E-state index >= 15 is 0 Å². The summed E-state index contributed by atoms with van der Waals surface area (Å²) in [6.45, 7) is 7.31. The fraction of sp³-hybridized carbons (Fsp3) is 0.562. The van der Waals surface area contributed by atoms with Gasteiger partial charge in [-0.05, 0) is 45.8 Å². The van der Waals surface area contributed by atoms with Gasteiger partial charge in [-0.25, -0.2) is 14.6 Å². The maximum atomic E-state index is 11.6. The highest BCUT2D eigenvalue weighted by atomic mass is 16.6. The molecule has 9 nitrogen and oxygen atoms in total. The van der Waals surface area contributed by atoms with Gasteiger partial charge >= 0.3 is 5.69 Å². The van der Waals surface area contributed by atoms with Crippen LogP contribution in [0.25, 0.3) is 5.82 Å². The summed E-state index contributed by atoms with van der Waals surface area (Å²) in [5.74, 6) is 0.422. The van der Waals surface area contributed by atoms with E-state index in [0.717, 1.165) is 31.0 Å². The van der Waals surface area contributed by atoms with Gasteiger partial charge in [-0.2, -0.15) is 5.10 Å². The monoisotopic (exact) mass is 345 g/mol. The minimum Gasteiger partial charge on any atom is -0.363 e. The first-order valence-electron chi connectivity index (χ1n) is 8.55. The molecule has 3 rings (SSSR count). The van der Waals surface area contributed by atoms with Gasteiger partial charge in [0, 0.05) is 18.8 Å². The number of anilines is 1. The molecule has 1 saturated heterocycles. The number of likely N-dealkylation sites (tertiary alicyclic amines) is 1. The standard InChI is InChI=1S/C16H23N7O2/c1-12-10-13(2)22(20-12)16-14(23(24)25)15(18-11-19-16)17-6-9-21-7-4-3-5-8-21/h10-11H,3-9H2,1-2H3,(H,17,18,19). The Morgan fingerprint density at radius 3 is 2.64 bits per heavy atom. The quantitative estimate of drug-likeness (QED) is 0.631. The van der Waals surface area contributed by atoms with Gasteiger partial charge in [0.25, 0.3) is 0 Å². The number of nitro groups is 1. The molecule has 2 aromatic rings. The zero-order valence-electron chi connectivity index (χ0n) is 14.6. The molecule has 1 aliphatic rings. The van der Waals surface area contributed by atoms with Crippen molar-refractivity contribution in [3.8, 4) is 5.82 Å². The zero-order chi connectivity index (χ0) is 17.8. The molecule has 1 aliphatic heterocycles. The number of rotatable bonds is 6. The highest BCUT2D eigenvalue weighted by Gasteiger charge is 2.25. The van der Waals surface area contributed by atoms with Crippen molar-refractivity contribution >= 4 is 11.5 Å². The normalized spacial score (nSPS) is 15.3. The molecule has 2 aromatic heterocycles. The summed E-state index contributed by atoms with van der Waals surface area (Å²) in [6.07, 6.45) is 5.06. The van der Waals surface area contributed by atoms with E-state index in [0.29, 0.717) is 6.54 Å².